The fraction of sp³-hybridized carbons (Fsp3) is 0.636. The smallest absolute Gasteiger partial charge is 0.410 e. The zero-order valence-electron chi connectivity index (χ0n) is 17.8. The Morgan fingerprint density at radius 3 is 2.50 bits per heavy atom. The van der Waals surface area contributed by atoms with Crippen molar-refractivity contribution >= 4 is 12.0 Å². The number of hydrogen-bond donors (Lipinski definition) is 1. The third-order valence-corrected chi connectivity index (χ3v) is 4.45. The van der Waals surface area contributed by atoms with Crippen LogP contribution in [0.5, 0.6) is 5.75 Å². The van der Waals surface area contributed by atoms with Gasteiger partial charge in [0.1, 0.15) is 11.4 Å². The molecule has 1 heterocycles. The molecule has 6 nitrogen and oxygen atoms in total. The lowest BCUT2D eigenvalue weighted by Gasteiger charge is -2.33. The molecule has 1 fully saturated rings. The number of amides is 2. The van der Waals surface area contributed by atoms with E-state index >= 15 is 0 Å². The molecule has 1 aliphatic heterocycles. The Balaban J connectivity index is 1.77. The number of carbonyl (C=O) groups excluding carboxylic acids is 2. The Hall–Kier alpha value is -2.24. The molecule has 1 aliphatic rings. The lowest BCUT2D eigenvalue weighted by atomic mass is 9.97. The van der Waals surface area contributed by atoms with Gasteiger partial charge in [-0.05, 0) is 71.6 Å². The van der Waals surface area contributed by atoms with Crippen LogP contribution in [0.2, 0.25) is 0 Å². The summed E-state index contributed by atoms with van der Waals surface area (Å²) in [6.45, 7) is 11.2. The molecule has 0 aliphatic carbocycles. The van der Waals surface area contributed by atoms with Crippen molar-refractivity contribution in [3.63, 3.8) is 0 Å². The molecule has 0 spiro atoms. The summed E-state index contributed by atoms with van der Waals surface area (Å²) in [4.78, 5) is 26.4. The summed E-state index contributed by atoms with van der Waals surface area (Å²) in [6.07, 6.45) is 2.19. The highest BCUT2D eigenvalue weighted by molar-refractivity contribution is 5.80. The van der Waals surface area contributed by atoms with Gasteiger partial charge < -0.3 is 19.7 Å². The second-order valence-corrected chi connectivity index (χ2v) is 8.62. The van der Waals surface area contributed by atoms with Crippen LogP contribution in [0.4, 0.5) is 4.79 Å². The van der Waals surface area contributed by atoms with Gasteiger partial charge in [0.15, 0.2) is 0 Å². The molecular weight excluding hydrogens is 356 g/mol. The molecule has 0 bridgehead atoms. The second kappa shape index (κ2) is 9.80. The Bertz CT molecular complexity index is 649. The molecule has 1 saturated heterocycles. The van der Waals surface area contributed by atoms with Gasteiger partial charge in [-0.3, -0.25) is 4.79 Å². The third-order valence-electron chi connectivity index (χ3n) is 4.45. The molecule has 0 saturated carbocycles. The molecule has 1 unspecified atom stereocenters. The first-order valence-corrected chi connectivity index (χ1v) is 10.2. The van der Waals surface area contributed by atoms with Crippen LogP contribution in [0, 0.1) is 5.92 Å². The van der Waals surface area contributed by atoms with E-state index in [2.05, 4.69) is 5.32 Å². The number of carbonyl (C=O) groups is 2. The molecule has 1 aromatic rings. The fourth-order valence-corrected chi connectivity index (χ4v) is 3.16. The lowest BCUT2D eigenvalue weighted by molar-refractivity contribution is -0.126. The van der Waals surface area contributed by atoms with Gasteiger partial charge in [-0.15, -0.1) is 0 Å². The summed E-state index contributed by atoms with van der Waals surface area (Å²) < 4.78 is 11.1. The minimum absolute atomic E-state index is 0.00743. The van der Waals surface area contributed by atoms with Crippen molar-refractivity contribution in [3.05, 3.63) is 29.8 Å². The van der Waals surface area contributed by atoms with E-state index in [9.17, 15) is 9.59 Å². The van der Waals surface area contributed by atoms with Gasteiger partial charge in [0.05, 0.1) is 12.0 Å². The standard InChI is InChI=1S/C22H34N2O4/c1-16(2)27-19-10-8-17(9-11-19)12-13-23-20(25)18-7-6-14-24(15-18)21(26)28-22(3,4)5/h8-11,16,18H,6-7,12-15H2,1-5H3,(H,23,25). The van der Waals surface area contributed by atoms with E-state index in [4.69, 9.17) is 9.47 Å². The summed E-state index contributed by atoms with van der Waals surface area (Å²) >= 11 is 0. The third kappa shape index (κ3) is 7.41. The molecular formula is C22H34N2O4. The topological polar surface area (TPSA) is 67.9 Å². The predicted molar refractivity (Wildman–Crippen MR) is 109 cm³/mol. The second-order valence-electron chi connectivity index (χ2n) is 8.62. The molecule has 6 heteroatoms. The van der Waals surface area contributed by atoms with Gasteiger partial charge in [0.2, 0.25) is 5.91 Å². The molecule has 2 rings (SSSR count). The average Bonchev–Trinajstić information content (AvgIpc) is 2.61. The normalized spacial score (nSPS) is 17.4. The molecule has 1 N–H and O–H groups in total. The number of rotatable bonds is 6. The number of ether oxygens (including phenoxy) is 2. The van der Waals surface area contributed by atoms with Crippen molar-refractivity contribution in [2.45, 2.75) is 65.6 Å². The van der Waals surface area contributed by atoms with Crippen LogP contribution in [0.25, 0.3) is 0 Å². The van der Waals surface area contributed by atoms with Crippen LogP contribution in [-0.4, -0.2) is 48.2 Å². The van der Waals surface area contributed by atoms with Gasteiger partial charge in [-0.2, -0.15) is 0 Å². The Kier molecular flexibility index (Phi) is 7.72. The highest BCUT2D eigenvalue weighted by atomic mass is 16.6. The summed E-state index contributed by atoms with van der Waals surface area (Å²) in [5, 5.41) is 3.01. The summed E-state index contributed by atoms with van der Waals surface area (Å²) in [7, 11) is 0. The van der Waals surface area contributed by atoms with Crippen molar-refractivity contribution in [1.82, 2.24) is 10.2 Å². The minimum Gasteiger partial charge on any atom is -0.491 e. The van der Waals surface area contributed by atoms with Crippen LogP contribution in [0.15, 0.2) is 24.3 Å². The van der Waals surface area contributed by atoms with Crippen LogP contribution < -0.4 is 10.1 Å². The predicted octanol–water partition coefficient (Wildman–Crippen LogP) is 3.78. The maximum absolute atomic E-state index is 12.5. The highest BCUT2D eigenvalue weighted by Crippen LogP contribution is 2.20. The van der Waals surface area contributed by atoms with Gasteiger partial charge in [0.25, 0.3) is 0 Å². The van der Waals surface area contributed by atoms with E-state index in [1.54, 1.807) is 4.90 Å². The average molecular weight is 391 g/mol. The quantitative estimate of drug-likeness (QED) is 0.803. The first kappa shape index (κ1) is 22.1. The number of nitrogens with zero attached hydrogens (tertiary/aromatic N) is 1. The maximum atomic E-state index is 12.5. The summed E-state index contributed by atoms with van der Waals surface area (Å²) in [5.41, 5.74) is 0.623. The molecule has 1 aromatic carbocycles. The van der Waals surface area contributed by atoms with Crippen molar-refractivity contribution in [1.29, 1.82) is 0 Å². The summed E-state index contributed by atoms with van der Waals surface area (Å²) in [5.74, 6) is 0.684. The number of hydrogen-bond acceptors (Lipinski definition) is 4. The van der Waals surface area contributed by atoms with Crippen LogP contribution in [-0.2, 0) is 16.0 Å². The van der Waals surface area contributed by atoms with E-state index in [1.807, 2.05) is 58.9 Å². The zero-order valence-corrected chi connectivity index (χ0v) is 17.8. The molecule has 28 heavy (non-hydrogen) atoms. The van der Waals surface area contributed by atoms with Crippen molar-refractivity contribution < 1.29 is 19.1 Å². The van der Waals surface area contributed by atoms with Gasteiger partial charge in [0, 0.05) is 19.6 Å². The van der Waals surface area contributed by atoms with E-state index in [0.717, 1.165) is 30.6 Å². The number of nitrogens with one attached hydrogen (secondary N) is 1. The van der Waals surface area contributed by atoms with Crippen molar-refractivity contribution in [2.75, 3.05) is 19.6 Å². The van der Waals surface area contributed by atoms with E-state index in [1.165, 1.54) is 0 Å². The van der Waals surface area contributed by atoms with Crippen LogP contribution in [0.1, 0.15) is 53.0 Å². The van der Waals surface area contributed by atoms with E-state index in [0.29, 0.717) is 19.6 Å². The zero-order chi connectivity index (χ0) is 20.7. The molecule has 0 radical (unpaired) electrons. The largest absolute Gasteiger partial charge is 0.491 e. The Morgan fingerprint density at radius 2 is 1.89 bits per heavy atom. The van der Waals surface area contributed by atoms with E-state index < -0.39 is 5.60 Å². The highest BCUT2D eigenvalue weighted by Gasteiger charge is 2.30. The van der Waals surface area contributed by atoms with Crippen LogP contribution >= 0.6 is 0 Å². The number of piperidine rings is 1. The molecule has 2 amide bonds. The Labute approximate surface area is 168 Å². The van der Waals surface area contributed by atoms with Crippen LogP contribution in [0.3, 0.4) is 0 Å². The van der Waals surface area contributed by atoms with Crippen molar-refractivity contribution in [3.8, 4) is 5.75 Å². The van der Waals surface area contributed by atoms with Gasteiger partial charge in [-0.1, -0.05) is 12.1 Å². The fourth-order valence-electron chi connectivity index (χ4n) is 3.16. The first-order chi connectivity index (χ1) is 13.1. The SMILES string of the molecule is CC(C)Oc1ccc(CCNC(=O)C2CCCN(C(=O)OC(C)(C)C)C2)cc1. The molecule has 0 aromatic heterocycles. The minimum atomic E-state index is -0.526. The van der Waals surface area contributed by atoms with E-state index in [-0.39, 0.29) is 24.0 Å². The summed E-state index contributed by atoms with van der Waals surface area (Å²) in [6, 6.07) is 7.96. The maximum Gasteiger partial charge on any atom is 0.410 e. The molecule has 1 atom stereocenters. The van der Waals surface area contributed by atoms with Crippen molar-refractivity contribution in [2.24, 2.45) is 5.92 Å². The molecule has 156 valence electrons. The monoisotopic (exact) mass is 390 g/mol. The Morgan fingerprint density at radius 1 is 1.21 bits per heavy atom. The van der Waals surface area contributed by atoms with Gasteiger partial charge in [-0.25, -0.2) is 4.79 Å². The number of likely N-dealkylation sites (tertiary alicyclic amines) is 1. The lowest BCUT2D eigenvalue weighted by Crippen LogP contribution is -2.47. The van der Waals surface area contributed by atoms with Gasteiger partial charge >= 0.3 is 6.09 Å². The first-order valence-electron chi connectivity index (χ1n) is 10.2. The number of benzene rings is 1.